The molecule has 2 rings (SSSR count). The van der Waals surface area contributed by atoms with Gasteiger partial charge in [0, 0.05) is 11.8 Å². The van der Waals surface area contributed by atoms with E-state index in [2.05, 4.69) is 5.32 Å². The first-order chi connectivity index (χ1) is 9.59. The molecule has 4 N–H and O–H groups in total. The summed E-state index contributed by atoms with van der Waals surface area (Å²) in [5, 5.41) is 12.9. The second-order valence-corrected chi connectivity index (χ2v) is 4.45. The standard InChI is InChI=1S/C14H16N2O4/c15-12(17)6-3-7-16-8-11-13(14(18)19)9-4-1-2-5-10(9)20-11/h1-2,4-5,16H,3,6-8H2,(H2,15,17)(H,18,19). The van der Waals surface area contributed by atoms with Gasteiger partial charge in [0.05, 0.1) is 6.54 Å². The quantitative estimate of drug-likeness (QED) is 0.664. The third-order valence-corrected chi connectivity index (χ3v) is 2.94. The first kappa shape index (κ1) is 14.1. The van der Waals surface area contributed by atoms with Crippen molar-refractivity contribution in [2.24, 2.45) is 5.73 Å². The maximum absolute atomic E-state index is 11.3. The second-order valence-electron chi connectivity index (χ2n) is 4.45. The molecule has 0 saturated heterocycles. The van der Waals surface area contributed by atoms with Crippen LogP contribution in [0.2, 0.25) is 0 Å². The van der Waals surface area contributed by atoms with Crippen molar-refractivity contribution in [2.75, 3.05) is 6.54 Å². The minimum Gasteiger partial charge on any atom is -0.478 e. The molecule has 0 spiro atoms. The van der Waals surface area contributed by atoms with Crippen molar-refractivity contribution in [3.05, 3.63) is 35.6 Å². The van der Waals surface area contributed by atoms with Crippen LogP contribution in [-0.4, -0.2) is 23.5 Å². The Bertz CT molecular complexity index is 633. The first-order valence-corrected chi connectivity index (χ1v) is 6.32. The number of carboxylic acid groups (broad SMARTS) is 1. The third-order valence-electron chi connectivity index (χ3n) is 2.94. The monoisotopic (exact) mass is 276 g/mol. The van der Waals surface area contributed by atoms with Gasteiger partial charge in [-0.25, -0.2) is 4.79 Å². The number of aromatic carboxylic acids is 1. The Morgan fingerprint density at radius 2 is 2.05 bits per heavy atom. The summed E-state index contributed by atoms with van der Waals surface area (Å²) in [6.45, 7) is 0.869. The molecule has 1 heterocycles. The zero-order chi connectivity index (χ0) is 14.5. The molecule has 0 aliphatic rings. The summed E-state index contributed by atoms with van der Waals surface area (Å²) in [4.78, 5) is 21.9. The summed E-state index contributed by atoms with van der Waals surface area (Å²) in [5.74, 6) is -0.969. The van der Waals surface area contributed by atoms with Gasteiger partial charge in [-0.15, -0.1) is 0 Å². The summed E-state index contributed by atoms with van der Waals surface area (Å²) < 4.78 is 5.55. The Hall–Kier alpha value is -2.34. The molecule has 0 atom stereocenters. The zero-order valence-corrected chi connectivity index (χ0v) is 10.9. The van der Waals surface area contributed by atoms with Gasteiger partial charge in [-0.1, -0.05) is 18.2 Å². The van der Waals surface area contributed by atoms with Crippen LogP contribution in [0.5, 0.6) is 0 Å². The van der Waals surface area contributed by atoms with Gasteiger partial charge < -0.3 is 20.6 Å². The summed E-state index contributed by atoms with van der Waals surface area (Å²) in [6, 6.07) is 7.02. The fourth-order valence-corrected chi connectivity index (χ4v) is 2.04. The summed E-state index contributed by atoms with van der Waals surface area (Å²) in [7, 11) is 0. The van der Waals surface area contributed by atoms with Gasteiger partial charge >= 0.3 is 5.97 Å². The molecule has 0 radical (unpaired) electrons. The van der Waals surface area contributed by atoms with E-state index in [-0.39, 0.29) is 11.5 Å². The van der Waals surface area contributed by atoms with E-state index < -0.39 is 5.97 Å². The first-order valence-electron chi connectivity index (χ1n) is 6.32. The molecule has 0 aliphatic carbocycles. The molecule has 0 saturated carbocycles. The number of benzene rings is 1. The van der Waals surface area contributed by atoms with Crippen LogP contribution in [0.4, 0.5) is 0 Å². The van der Waals surface area contributed by atoms with E-state index in [0.29, 0.717) is 42.7 Å². The van der Waals surface area contributed by atoms with Crippen molar-refractivity contribution in [2.45, 2.75) is 19.4 Å². The number of carbonyl (C=O) groups excluding carboxylic acids is 1. The van der Waals surface area contributed by atoms with Gasteiger partial charge in [0.1, 0.15) is 16.9 Å². The number of primary amides is 1. The van der Waals surface area contributed by atoms with Crippen molar-refractivity contribution < 1.29 is 19.1 Å². The fraction of sp³-hybridized carbons (Fsp3) is 0.286. The normalized spacial score (nSPS) is 10.8. The van der Waals surface area contributed by atoms with Gasteiger partial charge in [-0.2, -0.15) is 0 Å². The summed E-state index contributed by atoms with van der Waals surface area (Å²) in [5.41, 5.74) is 5.78. The van der Waals surface area contributed by atoms with E-state index in [4.69, 9.17) is 10.2 Å². The summed E-state index contributed by atoms with van der Waals surface area (Å²) >= 11 is 0. The SMILES string of the molecule is NC(=O)CCCNCc1oc2ccccc2c1C(=O)O. The van der Waals surface area contributed by atoms with Crippen molar-refractivity contribution in [1.29, 1.82) is 0 Å². The molecule has 6 heteroatoms. The van der Waals surface area contributed by atoms with Crippen LogP contribution in [0.15, 0.2) is 28.7 Å². The van der Waals surface area contributed by atoms with Crippen LogP contribution in [0.3, 0.4) is 0 Å². The Labute approximate surface area is 115 Å². The maximum Gasteiger partial charge on any atom is 0.339 e. The molecule has 0 aliphatic heterocycles. The number of fused-ring (bicyclic) bond motifs is 1. The number of hydrogen-bond donors (Lipinski definition) is 3. The van der Waals surface area contributed by atoms with Gasteiger partial charge in [-0.3, -0.25) is 4.79 Å². The van der Waals surface area contributed by atoms with Crippen LogP contribution in [0.1, 0.15) is 29.0 Å². The number of nitrogens with two attached hydrogens (primary N) is 1. The smallest absolute Gasteiger partial charge is 0.339 e. The van der Waals surface area contributed by atoms with Crippen molar-refractivity contribution >= 4 is 22.8 Å². The molecule has 6 nitrogen and oxygen atoms in total. The molecule has 1 aromatic heterocycles. The Morgan fingerprint density at radius 3 is 2.75 bits per heavy atom. The topological polar surface area (TPSA) is 106 Å². The molecule has 0 bridgehead atoms. The van der Waals surface area contributed by atoms with Gasteiger partial charge in [0.15, 0.2) is 0 Å². The predicted molar refractivity (Wildman–Crippen MR) is 73.3 cm³/mol. The molecule has 1 amide bonds. The molecular formula is C14H16N2O4. The Morgan fingerprint density at radius 1 is 1.30 bits per heavy atom. The minimum absolute atomic E-state index is 0.183. The van der Waals surface area contributed by atoms with Crippen LogP contribution in [-0.2, 0) is 11.3 Å². The molecule has 20 heavy (non-hydrogen) atoms. The molecule has 0 fully saturated rings. The van der Waals surface area contributed by atoms with Crippen LogP contribution in [0, 0.1) is 0 Å². The highest BCUT2D eigenvalue weighted by Crippen LogP contribution is 2.25. The van der Waals surface area contributed by atoms with Gasteiger partial charge in [0.25, 0.3) is 0 Å². The second kappa shape index (κ2) is 6.21. The zero-order valence-electron chi connectivity index (χ0n) is 10.9. The molecule has 0 unspecified atom stereocenters. The third kappa shape index (κ3) is 3.16. The van der Waals surface area contributed by atoms with E-state index in [9.17, 15) is 14.7 Å². The average molecular weight is 276 g/mol. The van der Waals surface area contributed by atoms with Crippen molar-refractivity contribution in [3.63, 3.8) is 0 Å². The van der Waals surface area contributed by atoms with Crippen LogP contribution < -0.4 is 11.1 Å². The largest absolute Gasteiger partial charge is 0.478 e. The highest BCUT2D eigenvalue weighted by Gasteiger charge is 2.19. The number of carbonyl (C=O) groups is 2. The molecule has 1 aromatic carbocycles. The number of furan rings is 1. The highest BCUT2D eigenvalue weighted by molar-refractivity contribution is 6.03. The van der Waals surface area contributed by atoms with Gasteiger partial charge in [-0.05, 0) is 19.0 Å². The van der Waals surface area contributed by atoms with Crippen LogP contribution in [0.25, 0.3) is 11.0 Å². The highest BCUT2D eigenvalue weighted by atomic mass is 16.4. The molecule has 106 valence electrons. The Balaban J connectivity index is 2.07. The van der Waals surface area contributed by atoms with E-state index >= 15 is 0 Å². The minimum atomic E-state index is -1.01. The number of amides is 1. The molecular weight excluding hydrogens is 260 g/mol. The van der Waals surface area contributed by atoms with Crippen LogP contribution >= 0.6 is 0 Å². The molecule has 2 aromatic rings. The predicted octanol–water partition coefficient (Wildman–Crippen LogP) is 1.49. The number of hydrogen-bond acceptors (Lipinski definition) is 4. The van der Waals surface area contributed by atoms with Gasteiger partial charge in [0.2, 0.25) is 5.91 Å². The number of para-hydroxylation sites is 1. The maximum atomic E-state index is 11.3. The Kier molecular flexibility index (Phi) is 4.37. The van der Waals surface area contributed by atoms with E-state index in [0.717, 1.165) is 0 Å². The summed E-state index contributed by atoms with van der Waals surface area (Å²) in [6.07, 6.45) is 0.914. The van der Waals surface area contributed by atoms with E-state index in [1.807, 2.05) is 0 Å². The van der Waals surface area contributed by atoms with Crippen molar-refractivity contribution in [3.8, 4) is 0 Å². The van der Waals surface area contributed by atoms with E-state index in [1.165, 1.54) is 0 Å². The lowest BCUT2D eigenvalue weighted by Crippen LogP contribution is -2.18. The fourth-order valence-electron chi connectivity index (χ4n) is 2.04. The number of carboxylic acids is 1. The van der Waals surface area contributed by atoms with E-state index in [1.54, 1.807) is 24.3 Å². The lowest BCUT2D eigenvalue weighted by molar-refractivity contribution is -0.118. The lowest BCUT2D eigenvalue weighted by atomic mass is 10.1. The number of nitrogens with one attached hydrogen (secondary N) is 1. The lowest BCUT2D eigenvalue weighted by Gasteiger charge is -2.02. The van der Waals surface area contributed by atoms with Crippen molar-refractivity contribution in [1.82, 2.24) is 5.32 Å². The average Bonchev–Trinajstić information content (AvgIpc) is 2.76. The number of rotatable bonds is 7.